The summed E-state index contributed by atoms with van der Waals surface area (Å²) in [5.74, 6) is -5.66. The van der Waals surface area contributed by atoms with Crippen molar-refractivity contribution in [2.45, 2.75) is 63.5 Å². The summed E-state index contributed by atoms with van der Waals surface area (Å²) < 4.78 is 48.7. The number of hydrogen-bond acceptors (Lipinski definition) is 4. The maximum atomic E-state index is 14.0. The molecule has 0 saturated heterocycles. The molecule has 2 aliphatic rings. The Hall–Kier alpha value is -2.55. The normalized spacial score (nSPS) is 21.0. The van der Waals surface area contributed by atoms with Crippen LogP contribution in [0.3, 0.4) is 0 Å². The van der Waals surface area contributed by atoms with Crippen molar-refractivity contribution >= 4 is 23.5 Å². The van der Waals surface area contributed by atoms with Crippen molar-refractivity contribution in [3.05, 3.63) is 40.3 Å². The highest BCUT2D eigenvalue weighted by Crippen LogP contribution is 2.56. The topological polar surface area (TPSA) is 87.2 Å². The van der Waals surface area contributed by atoms with Crippen molar-refractivity contribution < 1.29 is 27.5 Å². The van der Waals surface area contributed by atoms with Gasteiger partial charge in [0.25, 0.3) is 11.8 Å². The van der Waals surface area contributed by atoms with Gasteiger partial charge in [-0.25, -0.2) is 13.2 Å². The molecule has 1 aliphatic heterocycles. The van der Waals surface area contributed by atoms with Gasteiger partial charge in [-0.2, -0.15) is 5.10 Å². The van der Waals surface area contributed by atoms with E-state index in [9.17, 15) is 22.8 Å². The quantitative estimate of drug-likeness (QED) is 0.672. The molecule has 0 radical (unpaired) electrons. The number of ether oxygens (including phenoxy) is 1. The molecular formula is C22H23ClF3N3O3. The van der Waals surface area contributed by atoms with Gasteiger partial charge in [0.15, 0.2) is 0 Å². The van der Waals surface area contributed by atoms with Crippen molar-refractivity contribution in [1.82, 2.24) is 9.78 Å². The van der Waals surface area contributed by atoms with Gasteiger partial charge in [0.2, 0.25) is 0 Å². The molecule has 0 bridgehead atoms. The lowest BCUT2D eigenvalue weighted by Crippen LogP contribution is -2.58. The van der Waals surface area contributed by atoms with Crippen molar-refractivity contribution in [3.63, 3.8) is 0 Å². The average Bonchev–Trinajstić information content (AvgIpc) is 3.01. The van der Waals surface area contributed by atoms with Gasteiger partial charge in [0.1, 0.15) is 17.1 Å². The molecule has 2 N–H and O–H groups in total. The van der Waals surface area contributed by atoms with E-state index in [1.54, 1.807) is 20.8 Å². The lowest BCUT2D eigenvalue weighted by Gasteiger charge is -2.51. The lowest BCUT2D eigenvalue weighted by atomic mass is 9.66. The standard InChI is InChI=1S/C22H23ClF3N3O3/c1-20(2,3)32-19(31)12-7-15-16(18(27)30)17(11-4-5-14(24)13(23)6-11)28-29(15)21(8-12)9-22(25,26)10-21/h4-6,12H,7-10H2,1-3H3,(H2,27,30). The van der Waals surface area contributed by atoms with E-state index in [0.29, 0.717) is 11.3 Å². The van der Waals surface area contributed by atoms with Crippen LogP contribution in [0.2, 0.25) is 5.02 Å². The SMILES string of the molecule is CC(C)(C)OC(=O)C1Cc2c(C(N)=O)c(-c3ccc(F)c(Cl)c3)nn2C2(C1)CC(F)(F)C2. The number of alkyl halides is 2. The predicted molar refractivity (Wildman–Crippen MR) is 111 cm³/mol. The van der Waals surface area contributed by atoms with Crippen LogP contribution in [0, 0.1) is 11.7 Å². The fourth-order valence-corrected chi connectivity index (χ4v) is 4.93. The van der Waals surface area contributed by atoms with E-state index in [-0.39, 0.29) is 29.1 Å². The molecule has 1 amide bonds. The molecule has 1 saturated carbocycles. The van der Waals surface area contributed by atoms with Gasteiger partial charge in [-0.3, -0.25) is 14.3 Å². The minimum Gasteiger partial charge on any atom is -0.460 e. The Morgan fingerprint density at radius 1 is 1.28 bits per heavy atom. The van der Waals surface area contributed by atoms with Crippen molar-refractivity contribution in [2.75, 3.05) is 0 Å². The number of aromatic nitrogens is 2. The summed E-state index contributed by atoms with van der Waals surface area (Å²) >= 11 is 5.89. The molecular weight excluding hydrogens is 447 g/mol. The summed E-state index contributed by atoms with van der Waals surface area (Å²) in [4.78, 5) is 25.3. The molecule has 1 spiro atoms. The molecule has 4 rings (SSSR count). The highest BCUT2D eigenvalue weighted by molar-refractivity contribution is 6.31. The van der Waals surface area contributed by atoms with Gasteiger partial charge in [0, 0.05) is 24.8 Å². The van der Waals surface area contributed by atoms with Crippen LogP contribution in [0.5, 0.6) is 0 Å². The van der Waals surface area contributed by atoms with Gasteiger partial charge < -0.3 is 10.5 Å². The van der Waals surface area contributed by atoms with Crippen LogP contribution < -0.4 is 5.73 Å². The second-order valence-corrected chi connectivity index (χ2v) is 10.1. The third-order valence-electron chi connectivity index (χ3n) is 5.85. The van der Waals surface area contributed by atoms with Gasteiger partial charge in [-0.05, 0) is 45.4 Å². The van der Waals surface area contributed by atoms with Crippen molar-refractivity contribution in [1.29, 1.82) is 0 Å². The second-order valence-electron chi connectivity index (χ2n) is 9.65. The summed E-state index contributed by atoms with van der Waals surface area (Å²) in [7, 11) is 0. The minimum absolute atomic E-state index is 0.00975. The van der Waals surface area contributed by atoms with Gasteiger partial charge in [-0.15, -0.1) is 0 Å². The van der Waals surface area contributed by atoms with Gasteiger partial charge in [-0.1, -0.05) is 11.6 Å². The van der Waals surface area contributed by atoms with E-state index < -0.39 is 53.5 Å². The smallest absolute Gasteiger partial charge is 0.309 e. The molecule has 6 nitrogen and oxygen atoms in total. The number of rotatable bonds is 3. The fourth-order valence-electron chi connectivity index (χ4n) is 4.75. The molecule has 1 aromatic heterocycles. The van der Waals surface area contributed by atoms with Crippen LogP contribution in [0.1, 0.15) is 56.1 Å². The number of benzene rings is 1. The van der Waals surface area contributed by atoms with Crippen LogP contribution in [0.4, 0.5) is 13.2 Å². The fraction of sp³-hybridized carbons (Fsp3) is 0.500. The number of halogens is 4. The maximum Gasteiger partial charge on any atom is 0.309 e. The maximum absolute atomic E-state index is 14.0. The van der Waals surface area contributed by atoms with E-state index in [1.165, 1.54) is 16.8 Å². The number of primary amides is 1. The Kier molecular flexibility index (Phi) is 5.11. The first-order valence-corrected chi connectivity index (χ1v) is 10.6. The molecule has 10 heteroatoms. The average molecular weight is 470 g/mol. The zero-order valence-corrected chi connectivity index (χ0v) is 18.6. The molecule has 172 valence electrons. The number of carbonyl (C=O) groups is 2. The zero-order chi connectivity index (χ0) is 23.6. The van der Waals surface area contributed by atoms with Crippen LogP contribution >= 0.6 is 11.6 Å². The summed E-state index contributed by atoms with van der Waals surface area (Å²) in [6.45, 7) is 5.16. The van der Waals surface area contributed by atoms with Crippen molar-refractivity contribution in [3.8, 4) is 11.3 Å². The van der Waals surface area contributed by atoms with Crippen LogP contribution in [-0.4, -0.2) is 33.2 Å². The van der Waals surface area contributed by atoms with E-state index in [2.05, 4.69) is 5.10 Å². The first-order valence-electron chi connectivity index (χ1n) is 10.2. The Balaban J connectivity index is 1.85. The van der Waals surface area contributed by atoms with Crippen LogP contribution in [0.15, 0.2) is 18.2 Å². The highest BCUT2D eigenvalue weighted by atomic mass is 35.5. The van der Waals surface area contributed by atoms with E-state index in [4.69, 9.17) is 22.1 Å². The number of fused-ring (bicyclic) bond motifs is 2. The molecule has 1 unspecified atom stereocenters. The molecule has 2 heterocycles. The Morgan fingerprint density at radius 3 is 2.47 bits per heavy atom. The summed E-state index contributed by atoms with van der Waals surface area (Å²) in [6, 6.07) is 3.80. The second kappa shape index (κ2) is 7.23. The third kappa shape index (κ3) is 3.87. The number of carbonyl (C=O) groups excluding carboxylic acids is 2. The first-order chi connectivity index (χ1) is 14.7. The molecule has 1 atom stereocenters. The molecule has 32 heavy (non-hydrogen) atoms. The number of esters is 1. The Morgan fingerprint density at radius 2 is 1.94 bits per heavy atom. The number of nitrogens with two attached hydrogens (primary N) is 1. The predicted octanol–water partition coefficient (Wildman–Crippen LogP) is 4.47. The Bertz CT molecular complexity index is 1120. The first kappa shape index (κ1) is 22.6. The van der Waals surface area contributed by atoms with Gasteiger partial charge in [0.05, 0.1) is 27.7 Å². The van der Waals surface area contributed by atoms with Gasteiger partial charge >= 0.3 is 5.97 Å². The van der Waals surface area contributed by atoms with E-state index >= 15 is 0 Å². The minimum atomic E-state index is -2.91. The molecule has 1 aliphatic carbocycles. The molecule has 2 aromatic rings. The monoisotopic (exact) mass is 469 g/mol. The summed E-state index contributed by atoms with van der Waals surface area (Å²) in [5, 5.41) is 4.29. The number of amides is 1. The van der Waals surface area contributed by atoms with E-state index in [1.807, 2.05) is 0 Å². The third-order valence-corrected chi connectivity index (χ3v) is 6.14. The number of nitrogens with zero attached hydrogens (tertiary/aromatic N) is 2. The molecule has 1 fully saturated rings. The molecule has 1 aromatic carbocycles. The zero-order valence-electron chi connectivity index (χ0n) is 17.8. The highest BCUT2D eigenvalue weighted by Gasteiger charge is 2.62. The Labute approximate surface area is 187 Å². The number of hydrogen-bond donors (Lipinski definition) is 1. The van der Waals surface area contributed by atoms with Crippen LogP contribution in [0.25, 0.3) is 11.3 Å². The van der Waals surface area contributed by atoms with E-state index in [0.717, 1.165) is 6.07 Å². The lowest BCUT2D eigenvalue weighted by molar-refractivity contribution is -0.181. The summed E-state index contributed by atoms with van der Waals surface area (Å²) in [5.41, 5.74) is 4.49. The summed E-state index contributed by atoms with van der Waals surface area (Å²) in [6.07, 6.45) is -0.873. The largest absolute Gasteiger partial charge is 0.460 e. The van der Waals surface area contributed by atoms with Crippen LogP contribution in [-0.2, 0) is 21.5 Å². The van der Waals surface area contributed by atoms with Crippen molar-refractivity contribution in [2.24, 2.45) is 11.7 Å².